The molecule has 23 heavy (non-hydrogen) atoms. The quantitative estimate of drug-likeness (QED) is 0.856. The Bertz CT molecular complexity index is 543. The zero-order chi connectivity index (χ0) is 15.6. The zero-order valence-electron chi connectivity index (χ0n) is 13.9. The molecule has 1 aromatic heterocycles. The van der Waals surface area contributed by atoms with Gasteiger partial charge in [-0.3, -0.25) is 14.7 Å². The molecule has 1 aromatic rings. The van der Waals surface area contributed by atoms with E-state index in [-0.39, 0.29) is 5.91 Å². The molecule has 5 rings (SSSR count). The number of fused-ring (bicyclic) bond motifs is 4. The average molecular weight is 313 g/mol. The first-order valence-electron chi connectivity index (χ1n) is 9.18. The smallest absolute Gasteiger partial charge is 0.227 e. The third-order valence-corrected chi connectivity index (χ3v) is 5.98. The van der Waals surface area contributed by atoms with Crippen LogP contribution in [0.2, 0.25) is 0 Å². The van der Waals surface area contributed by atoms with Crippen molar-refractivity contribution in [1.29, 1.82) is 0 Å². The Morgan fingerprint density at radius 1 is 1.17 bits per heavy atom. The monoisotopic (exact) mass is 313 g/mol. The number of amides is 1. The molecule has 124 valence electrons. The molecule has 0 aromatic carbocycles. The SMILES string of the molecule is O=C(Cc1cccnc1)N1C[C@H]2CC[C@@H](C1)N(CC1CCC1)C2. The molecule has 2 bridgehead atoms. The van der Waals surface area contributed by atoms with Gasteiger partial charge in [0, 0.05) is 44.6 Å². The lowest BCUT2D eigenvalue weighted by Gasteiger charge is -2.40. The minimum absolute atomic E-state index is 0.278. The van der Waals surface area contributed by atoms with Crippen molar-refractivity contribution in [3.63, 3.8) is 0 Å². The maximum absolute atomic E-state index is 12.7. The van der Waals surface area contributed by atoms with Gasteiger partial charge in [0.2, 0.25) is 5.91 Å². The Labute approximate surface area is 138 Å². The lowest BCUT2D eigenvalue weighted by Crippen LogP contribution is -2.47. The average Bonchev–Trinajstić information content (AvgIpc) is 2.84. The Kier molecular flexibility index (Phi) is 4.34. The summed E-state index contributed by atoms with van der Waals surface area (Å²) >= 11 is 0. The summed E-state index contributed by atoms with van der Waals surface area (Å²) in [6.45, 7) is 4.36. The number of carbonyl (C=O) groups excluding carboxylic acids is 1. The van der Waals surface area contributed by atoms with Crippen LogP contribution in [0.4, 0.5) is 0 Å². The van der Waals surface area contributed by atoms with Crippen LogP contribution >= 0.6 is 0 Å². The number of carbonyl (C=O) groups is 1. The van der Waals surface area contributed by atoms with E-state index in [0.29, 0.717) is 18.4 Å². The molecule has 4 heterocycles. The number of rotatable bonds is 4. The van der Waals surface area contributed by atoms with E-state index in [1.807, 2.05) is 18.3 Å². The summed E-state index contributed by atoms with van der Waals surface area (Å²) in [7, 11) is 0. The molecule has 3 aliphatic heterocycles. The van der Waals surface area contributed by atoms with Gasteiger partial charge < -0.3 is 4.90 Å². The lowest BCUT2D eigenvalue weighted by atomic mass is 9.83. The second-order valence-electron chi connectivity index (χ2n) is 7.68. The third kappa shape index (κ3) is 3.42. The van der Waals surface area contributed by atoms with Crippen molar-refractivity contribution >= 4 is 5.91 Å². The number of pyridine rings is 1. The van der Waals surface area contributed by atoms with Crippen LogP contribution in [0.25, 0.3) is 0 Å². The molecule has 0 spiro atoms. The maximum Gasteiger partial charge on any atom is 0.227 e. The highest BCUT2D eigenvalue weighted by Crippen LogP contribution is 2.33. The molecule has 4 aliphatic rings. The van der Waals surface area contributed by atoms with Crippen molar-refractivity contribution in [2.75, 3.05) is 26.2 Å². The van der Waals surface area contributed by atoms with Crippen LogP contribution in [0.1, 0.15) is 37.7 Å². The molecule has 4 fully saturated rings. The lowest BCUT2D eigenvalue weighted by molar-refractivity contribution is -0.130. The highest BCUT2D eigenvalue weighted by molar-refractivity contribution is 5.78. The maximum atomic E-state index is 12.7. The summed E-state index contributed by atoms with van der Waals surface area (Å²) in [6.07, 6.45) is 10.9. The summed E-state index contributed by atoms with van der Waals surface area (Å²) in [5, 5.41) is 0. The van der Waals surface area contributed by atoms with E-state index in [9.17, 15) is 4.79 Å². The Morgan fingerprint density at radius 3 is 2.83 bits per heavy atom. The minimum Gasteiger partial charge on any atom is -0.341 e. The van der Waals surface area contributed by atoms with Crippen molar-refractivity contribution in [2.45, 2.75) is 44.6 Å². The second kappa shape index (κ2) is 6.60. The van der Waals surface area contributed by atoms with Crippen molar-refractivity contribution in [3.05, 3.63) is 30.1 Å². The predicted octanol–water partition coefficient (Wildman–Crippen LogP) is 2.35. The predicted molar refractivity (Wildman–Crippen MR) is 89.9 cm³/mol. The van der Waals surface area contributed by atoms with Crippen LogP contribution < -0.4 is 0 Å². The highest BCUT2D eigenvalue weighted by Gasteiger charge is 2.37. The number of nitrogens with zero attached hydrogens (tertiary/aromatic N) is 3. The van der Waals surface area contributed by atoms with Crippen LogP contribution in [0.15, 0.2) is 24.5 Å². The van der Waals surface area contributed by atoms with Crippen LogP contribution in [0, 0.1) is 11.8 Å². The van der Waals surface area contributed by atoms with E-state index in [0.717, 1.165) is 24.6 Å². The van der Waals surface area contributed by atoms with E-state index in [1.165, 1.54) is 45.2 Å². The number of hydrogen-bond acceptors (Lipinski definition) is 3. The largest absolute Gasteiger partial charge is 0.341 e. The molecule has 1 amide bonds. The van der Waals surface area contributed by atoms with Gasteiger partial charge in [0.05, 0.1) is 6.42 Å². The summed E-state index contributed by atoms with van der Waals surface area (Å²) in [4.78, 5) is 21.7. The fourth-order valence-corrected chi connectivity index (χ4v) is 4.40. The summed E-state index contributed by atoms with van der Waals surface area (Å²) < 4.78 is 0. The van der Waals surface area contributed by atoms with Gasteiger partial charge in [-0.05, 0) is 49.1 Å². The number of piperidine rings is 1. The summed E-state index contributed by atoms with van der Waals surface area (Å²) in [5.74, 6) is 1.88. The van der Waals surface area contributed by atoms with Gasteiger partial charge in [-0.1, -0.05) is 12.5 Å². The summed E-state index contributed by atoms with van der Waals surface area (Å²) in [6, 6.07) is 4.50. The minimum atomic E-state index is 0.278. The second-order valence-corrected chi connectivity index (χ2v) is 7.68. The standard InChI is InChI=1S/C19H27N3O/c23-19(9-16-5-2-8-20-10-16)22-13-17-6-7-18(14-22)21(12-17)11-15-3-1-4-15/h2,5,8,10,15,17-18H,1,3-4,6-7,9,11-14H2/t17-,18-/m0/s1. The van der Waals surface area contributed by atoms with E-state index < -0.39 is 0 Å². The Hall–Kier alpha value is -1.42. The van der Waals surface area contributed by atoms with Crippen molar-refractivity contribution < 1.29 is 4.79 Å². The summed E-state index contributed by atoms with van der Waals surface area (Å²) in [5.41, 5.74) is 1.03. The molecule has 3 saturated heterocycles. The first kappa shape index (κ1) is 15.1. The van der Waals surface area contributed by atoms with E-state index in [2.05, 4.69) is 14.8 Å². The molecule has 0 unspecified atom stereocenters. The van der Waals surface area contributed by atoms with Gasteiger partial charge in [-0.2, -0.15) is 0 Å². The van der Waals surface area contributed by atoms with E-state index >= 15 is 0 Å². The molecule has 4 heteroatoms. The Morgan fingerprint density at radius 2 is 2.09 bits per heavy atom. The van der Waals surface area contributed by atoms with Crippen LogP contribution in [-0.2, 0) is 11.2 Å². The van der Waals surface area contributed by atoms with Crippen LogP contribution in [0.3, 0.4) is 0 Å². The first-order valence-corrected chi connectivity index (χ1v) is 9.18. The molecular weight excluding hydrogens is 286 g/mol. The molecule has 1 aliphatic carbocycles. The molecule has 1 saturated carbocycles. The van der Waals surface area contributed by atoms with Gasteiger partial charge in [0.25, 0.3) is 0 Å². The van der Waals surface area contributed by atoms with Gasteiger partial charge in [0.15, 0.2) is 0 Å². The topological polar surface area (TPSA) is 36.4 Å². The van der Waals surface area contributed by atoms with Crippen LogP contribution in [-0.4, -0.2) is 52.9 Å². The molecule has 0 radical (unpaired) electrons. The van der Waals surface area contributed by atoms with E-state index in [1.54, 1.807) is 6.20 Å². The van der Waals surface area contributed by atoms with Gasteiger partial charge in [-0.15, -0.1) is 0 Å². The van der Waals surface area contributed by atoms with Gasteiger partial charge in [-0.25, -0.2) is 0 Å². The molecule has 2 atom stereocenters. The first-order chi connectivity index (χ1) is 11.3. The fraction of sp³-hybridized carbons (Fsp3) is 0.684. The van der Waals surface area contributed by atoms with E-state index in [4.69, 9.17) is 0 Å². The van der Waals surface area contributed by atoms with Gasteiger partial charge in [0.1, 0.15) is 0 Å². The van der Waals surface area contributed by atoms with Crippen molar-refractivity contribution in [1.82, 2.24) is 14.8 Å². The Balaban J connectivity index is 1.39. The van der Waals surface area contributed by atoms with Crippen molar-refractivity contribution in [2.24, 2.45) is 11.8 Å². The normalized spacial score (nSPS) is 28.4. The van der Waals surface area contributed by atoms with Crippen LogP contribution in [0.5, 0.6) is 0 Å². The van der Waals surface area contributed by atoms with Gasteiger partial charge >= 0.3 is 0 Å². The molecule has 4 nitrogen and oxygen atoms in total. The van der Waals surface area contributed by atoms with Crippen molar-refractivity contribution in [3.8, 4) is 0 Å². The highest BCUT2D eigenvalue weighted by atomic mass is 16.2. The molecule has 0 N–H and O–H groups in total. The molecular formula is C19H27N3O. The fourth-order valence-electron chi connectivity index (χ4n) is 4.40. The zero-order valence-corrected chi connectivity index (χ0v) is 13.9. The number of aromatic nitrogens is 1. The number of hydrogen-bond donors (Lipinski definition) is 0. The third-order valence-electron chi connectivity index (χ3n) is 5.98.